The second-order valence-electron chi connectivity index (χ2n) is 7.98. The number of hydrogen-bond donors (Lipinski definition) is 2. The smallest absolute Gasteiger partial charge is 0.454 e. The van der Waals surface area contributed by atoms with Crippen molar-refractivity contribution >= 4 is 22.9 Å². The minimum Gasteiger partial charge on any atom is -0.454 e. The molecule has 35 heavy (non-hydrogen) atoms. The maximum absolute atomic E-state index is 15.1. The lowest BCUT2D eigenvalue weighted by atomic mass is 10.1. The van der Waals surface area contributed by atoms with Crippen molar-refractivity contribution < 1.29 is 28.5 Å². The lowest BCUT2D eigenvalue weighted by Crippen LogP contribution is -2.22. The Kier molecular flexibility index (Phi) is 6.78. The fraction of sp³-hybridized carbons (Fsp3) is 0.250. The Morgan fingerprint density at radius 1 is 1.23 bits per heavy atom. The molecule has 0 fully saturated rings. The fourth-order valence-electron chi connectivity index (χ4n) is 3.57. The number of nitrogens with one attached hydrogen (secondary N) is 1. The molecule has 1 atom stereocenters. The summed E-state index contributed by atoms with van der Waals surface area (Å²) in [6, 6.07) is 8.36. The number of carboxylic acid groups (broad SMARTS) is 1. The van der Waals surface area contributed by atoms with Crippen LogP contribution in [0, 0.1) is 19.7 Å². The van der Waals surface area contributed by atoms with E-state index >= 15 is 4.39 Å². The number of nitrogens with zero attached hydrogens (tertiary/aromatic N) is 4. The van der Waals surface area contributed by atoms with Gasteiger partial charge in [-0.1, -0.05) is 18.2 Å². The van der Waals surface area contributed by atoms with E-state index in [1.807, 2.05) is 39.0 Å². The lowest BCUT2D eigenvalue weighted by Gasteiger charge is -2.17. The third kappa shape index (κ3) is 5.30. The van der Waals surface area contributed by atoms with Crippen LogP contribution in [0.1, 0.15) is 18.1 Å². The number of methoxy groups -OCH3 is 1. The molecule has 0 amide bonds. The van der Waals surface area contributed by atoms with Crippen molar-refractivity contribution in [1.82, 2.24) is 19.7 Å². The largest absolute Gasteiger partial charge is 0.511 e. The molecule has 0 saturated heterocycles. The van der Waals surface area contributed by atoms with Gasteiger partial charge in [0, 0.05) is 24.6 Å². The number of anilines is 1. The SMILES string of the molecule is COCC(C)Nc1nc(-n2cc(OC(=O)O)cn2)nc2cc(F)c(Oc3c(C)cccc3C)cc12. The minimum absolute atomic E-state index is 0.00742. The third-order valence-corrected chi connectivity index (χ3v) is 5.13. The normalized spacial score (nSPS) is 11.9. The molecule has 0 saturated carbocycles. The third-order valence-electron chi connectivity index (χ3n) is 5.13. The van der Waals surface area contributed by atoms with E-state index in [0.717, 1.165) is 11.1 Å². The van der Waals surface area contributed by atoms with Crippen molar-refractivity contribution in [2.75, 3.05) is 19.0 Å². The van der Waals surface area contributed by atoms with Crippen LogP contribution in [0.4, 0.5) is 15.0 Å². The standard InChI is InChI=1S/C24H24FN5O5/c1-13-6-5-7-14(2)21(13)35-20-8-17-19(9-18(20)25)28-23(29-22(17)27-15(3)12-33-4)30-11-16(10-26-30)34-24(31)32/h5-11,15H,12H2,1-4H3,(H,31,32)(H,27,28,29). The number of carbonyl (C=O) groups is 1. The van der Waals surface area contributed by atoms with Crippen LogP contribution in [-0.4, -0.2) is 50.8 Å². The summed E-state index contributed by atoms with van der Waals surface area (Å²) in [4.78, 5) is 19.8. The average molecular weight is 481 g/mol. The monoisotopic (exact) mass is 481 g/mol. The molecule has 1 unspecified atom stereocenters. The number of aryl methyl sites for hydroxylation is 2. The zero-order valence-electron chi connectivity index (χ0n) is 19.6. The first kappa shape index (κ1) is 23.9. The number of halogens is 1. The Labute approximate surface area is 200 Å². The number of aromatic nitrogens is 4. The highest BCUT2D eigenvalue weighted by Crippen LogP contribution is 2.34. The average Bonchev–Trinajstić information content (AvgIpc) is 3.24. The molecule has 4 aromatic rings. The molecular weight excluding hydrogens is 457 g/mol. The van der Waals surface area contributed by atoms with Gasteiger partial charge in [-0.05, 0) is 38.0 Å². The van der Waals surface area contributed by atoms with Gasteiger partial charge in [0.25, 0.3) is 5.95 Å². The number of hydrogen-bond acceptors (Lipinski definition) is 8. The first-order valence-corrected chi connectivity index (χ1v) is 10.7. The van der Waals surface area contributed by atoms with Crippen LogP contribution in [0.15, 0.2) is 42.7 Å². The van der Waals surface area contributed by atoms with Gasteiger partial charge < -0.3 is 24.6 Å². The number of benzene rings is 2. The Bertz CT molecular complexity index is 1370. The molecule has 4 rings (SSSR count). The van der Waals surface area contributed by atoms with Crippen molar-refractivity contribution in [1.29, 1.82) is 0 Å². The van der Waals surface area contributed by atoms with E-state index in [1.165, 1.54) is 23.1 Å². The summed E-state index contributed by atoms with van der Waals surface area (Å²) in [5.41, 5.74) is 2.05. The summed E-state index contributed by atoms with van der Waals surface area (Å²) in [7, 11) is 1.58. The van der Waals surface area contributed by atoms with Gasteiger partial charge in [-0.15, -0.1) is 0 Å². The number of para-hydroxylation sites is 1. The quantitative estimate of drug-likeness (QED) is 0.340. The minimum atomic E-state index is -1.47. The fourth-order valence-corrected chi connectivity index (χ4v) is 3.57. The zero-order chi connectivity index (χ0) is 25.1. The highest BCUT2D eigenvalue weighted by Gasteiger charge is 2.18. The predicted octanol–water partition coefficient (Wildman–Crippen LogP) is 4.87. The van der Waals surface area contributed by atoms with Gasteiger partial charge in [-0.2, -0.15) is 10.1 Å². The van der Waals surface area contributed by atoms with Crippen LogP contribution in [-0.2, 0) is 4.74 Å². The van der Waals surface area contributed by atoms with Crippen LogP contribution in [0.3, 0.4) is 0 Å². The molecule has 2 aromatic heterocycles. The number of rotatable bonds is 8. The van der Waals surface area contributed by atoms with Crippen molar-refractivity contribution in [3.05, 3.63) is 59.7 Å². The summed E-state index contributed by atoms with van der Waals surface area (Å²) < 4.78 is 32.2. The molecule has 0 radical (unpaired) electrons. The molecule has 10 nitrogen and oxygen atoms in total. The highest BCUT2D eigenvalue weighted by atomic mass is 19.1. The van der Waals surface area contributed by atoms with Crippen molar-refractivity contribution in [2.45, 2.75) is 26.8 Å². The molecule has 182 valence electrons. The highest BCUT2D eigenvalue weighted by molar-refractivity contribution is 5.91. The second kappa shape index (κ2) is 9.94. The summed E-state index contributed by atoms with van der Waals surface area (Å²) in [6.45, 7) is 6.08. The van der Waals surface area contributed by atoms with E-state index in [4.69, 9.17) is 14.6 Å². The molecule has 0 bridgehead atoms. The molecular formula is C24H24FN5O5. The summed E-state index contributed by atoms with van der Waals surface area (Å²) >= 11 is 0. The Morgan fingerprint density at radius 2 is 1.97 bits per heavy atom. The van der Waals surface area contributed by atoms with Crippen LogP contribution < -0.4 is 14.8 Å². The van der Waals surface area contributed by atoms with E-state index in [9.17, 15) is 4.79 Å². The molecule has 11 heteroatoms. The molecule has 2 heterocycles. The van der Waals surface area contributed by atoms with E-state index in [2.05, 4.69) is 25.1 Å². The molecule has 0 aliphatic rings. The number of ether oxygens (including phenoxy) is 3. The Morgan fingerprint density at radius 3 is 2.66 bits per heavy atom. The van der Waals surface area contributed by atoms with Crippen molar-refractivity contribution in [3.63, 3.8) is 0 Å². The van der Waals surface area contributed by atoms with Gasteiger partial charge in [0.2, 0.25) is 0 Å². The summed E-state index contributed by atoms with van der Waals surface area (Å²) in [5.74, 6) is 0.491. The zero-order valence-corrected chi connectivity index (χ0v) is 19.6. The topological polar surface area (TPSA) is 121 Å². The van der Waals surface area contributed by atoms with E-state index in [-0.39, 0.29) is 23.5 Å². The molecule has 0 aliphatic carbocycles. The van der Waals surface area contributed by atoms with Gasteiger partial charge >= 0.3 is 6.16 Å². The van der Waals surface area contributed by atoms with Crippen molar-refractivity contribution in [2.24, 2.45) is 0 Å². The van der Waals surface area contributed by atoms with E-state index < -0.39 is 12.0 Å². The van der Waals surface area contributed by atoms with Crippen LogP contribution in [0.2, 0.25) is 0 Å². The maximum Gasteiger partial charge on any atom is 0.511 e. The van der Waals surface area contributed by atoms with E-state index in [0.29, 0.717) is 29.1 Å². The first-order valence-electron chi connectivity index (χ1n) is 10.7. The summed E-state index contributed by atoms with van der Waals surface area (Å²) in [5, 5.41) is 16.6. The molecule has 2 aromatic carbocycles. The molecule has 0 aliphatic heterocycles. The number of fused-ring (bicyclic) bond motifs is 1. The van der Waals surface area contributed by atoms with Gasteiger partial charge in [0.1, 0.15) is 11.6 Å². The van der Waals surface area contributed by atoms with Crippen LogP contribution >= 0.6 is 0 Å². The van der Waals surface area contributed by atoms with Gasteiger partial charge in [0.05, 0.1) is 24.5 Å². The van der Waals surface area contributed by atoms with E-state index in [1.54, 1.807) is 13.2 Å². The Hall–Kier alpha value is -4.25. The second-order valence-corrected chi connectivity index (χ2v) is 7.98. The van der Waals surface area contributed by atoms with Crippen molar-refractivity contribution in [3.8, 4) is 23.2 Å². The lowest BCUT2D eigenvalue weighted by molar-refractivity contribution is 0.144. The Balaban J connectivity index is 1.81. The maximum atomic E-state index is 15.1. The van der Waals surface area contributed by atoms with Gasteiger partial charge in [-0.3, -0.25) is 0 Å². The first-order chi connectivity index (χ1) is 16.7. The molecule has 0 spiro atoms. The summed E-state index contributed by atoms with van der Waals surface area (Å²) in [6.07, 6.45) is 1.05. The predicted molar refractivity (Wildman–Crippen MR) is 126 cm³/mol. The van der Waals surface area contributed by atoms with Gasteiger partial charge in [-0.25, -0.2) is 18.9 Å². The van der Waals surface area contributed by atoms with Gasteiger partial charge in [0.15, 0.2) is 17.3 Å². The van der Waals surface area contributed by atoms with Crippen LogP contribution in [0.25, 0.3) is 16.9 Å². The molecule has 2 N–H and O–H groups in total. The van der Waals surface area contributed by atoms with Crippen LogP contribution in [0.5, 0.6) is 17.2 Å².